The number of pyridine rings is 1. The van der Waals surface area contributed by atoms with Crippen molar-refractivity contribution < 1.29 is 4.74 Å². The second-order valence-corrected chi connectivity index (χ2v) is 6.88. The molecule has 0 aliphatic heterocycles. The molecule has 0 unspecified atom stereocenters. The normalized spacial score (nSPS) is 19.2. The van der Waals surface area contributed by atoms with Crippen LogP contribution in [0.5, 0.6) is 5.88 Å². The zero-order chi connectivity index (χ0) is 16.5. The van der Waals surface area contributed by atoms with E-state index < -0.39 is 0 Å². The first-order valence-corrected chi connectivity index (χ1v) is 8.83. The molecule has 1 aliphatic carbocycles. The first-order valence-electron chi connectivity index (χ1n) is 7.99. The summed E-state index contributed by atoms with van der Waals surface area (Å²) in [6, 6.07) is 4.24. The highest BCUT2D eigenvalue weighted by molar-refractivity contribution is 7.03. The molecule has 6 heteroatoms. The van der Waals surface area contributed by atoms with Crippen LogP contribution >= 0.6 is 11.5 Å². The zero-order valence-electron chi connectivity index (χ0n) is 13.6. The van der Waals surface area contributed by atoms with E-state index in [0.29, 0.717) is 30.1 Å². The third kappa shape index (κ3) is 3.14. The Morgan fingerprint density at radius 3 is 2.83 bits per heavy atom. The van der Waals surface area contributed by atoms with Crippen molar-refractivity contribution in [3.05, 3.63) is 53.2 Å². The summed E-state index contributed by atoms with van der Waals surface area (Å²) in [4.78, 5) is 13.3. The maximum atomic E-state index is 6.04. The van der Waals surface area contributed by atoms with E-state index in [2.05, 4.69) is 38.4 Å². The second kappa shape index (κ2) is 6.28. The van der Waals surface area contributed by atoms with E-state index in [1.165, 1.54) is 17.1 Å². The minimum Gasteiger partial charge on any atom is -0.477 e. The SMILES string of the molecule is Cc1ccc([C@H]2C[C@@H]2COc2nc(C)ncc2-c2cnsc2)nc1. The lowest BCUT2D eigenvalue weighted by molar-refractivity contribution is 0.285. The molecule has 4 rings (SSSR count). The van der Waals surface area contributed by atoms with Gasteiger partial charge in [0.25, 0.3) is 0 Å². The monoisotopic (exact) mass is 338 g/mol. The number of aryl methyl sites for hydroxylation is 2. The van der Waals surface area contributed by atoms with Crippen molar-refractivity contribution in [1.29, 1.82) is 0 Å². The van der Waals surface area contributed by atoms with Gasteiger partial charge in [0.2, 0.25) is 5.88 Å². The van der Waals surface area contributed by atoms with Gasteiger partial charge in [0.15, 0.2) is 0 Å². The van der Waals surface area contributed by atoms with E-state index in [1.54, 1.807) is 0 Å². The number of rotatable bonds is 5. The molecule has 0 bridgehead atoms. The number of aromatic nitrogens is 4. The highest BCUT2D eigenvalue weighted by Crippen LogP contribution is 2.47. The Morgan fingerprint density at radius 2 is 2.08 bits per heavy atom. The fourth-order valence-electron chi connectivity index (χ4n) is 2.77. The molecule has 0 spiro atoms. The quantitative estimate of drug-likeness (QED) is 0.708. The van der Waals surface area contributed by atoms with Gasteiger partial charge in [-0.2, -0.15) is 4.98 Å². The lowest BCUT2D eigenvalue weighted by atomic mass is 10.2. The Bertz CT molecular complexity index is 833. The van der Waals surface area contributed by atoms with Crippen molar-refractivity contribution in [2.45, 2.75) is 26.2 Å². The van der Waals surface area contributed by atoms with Gasteiger partial charge in [-0.05, 0) is 43.4 Å². The highest BCUT2D eigenvalue weighted by atomic mass is 32.1. The third-order valence-corrected chi connectivity index (χ3v) is 4.87. The van der Waals surface area contributed by atoms with Crippen LogP contribution in [0.4, 0.5) is 0 Å². The Labute approximate surface area is 145 Å². The van der Waals surface area contributed by atoms with E-state index in [9.17, 15) is 0 Å². The Kier molecular flexibility index (Phi) is 3.98. The average Bonchev–Trinajstić information content (AvgIpc) is 3.15. The standard InChI is InChI=1S/C18H18N4OS/c1-11-3-4-17(20-6-11)15-5-13(15)9-23-18-16(8-19-12(2)22-18)14-7-21-24-10-14/h3-4,6-8,10,13,15H,5,9H2,1-2H3/t13-,15+/m1/s1. The first kappa shape index (κ1) is 15.2. The van der Waals surface area contributed by atoms with Gasteiger partial charge in [-0.1, -0.05) is 6.07 Å². The molecule has 3 aromatic rings. The number of hydrogen-bond acceptors (Lipinski definition) is 6. The molecule has 1 saturated carbocycles. The molecule has 0 aromatic carbocycles. The van der Waals surface area contributed by atoms with Crippen molar-refractivity contribution in [1.82, 2.24) is 19.3 Å². The molecule has 0 radical (unpaired) electrons. The van der Waals surface area contributed by atoms with Gasteiger partial charge in [-0.3, -0.25) is 4.98 Å². The number of ether oxygens (including phenoxy) is 1. The van der Waals surface area contributed by atoms with Crippen LogP contribution in [-0.2, 0) is 0 Å². The Balaban J connectivity index is 1.45. The predicted octanol–water partition coefficient (Wildman–Crippen LogP) is 3.79. The summed E-state index contributed by atoms with van der Waals surface area (Å²) in [5, 5.41) is 1.98. The van der Waals surface area contributed by atoms with Gasteiger partial charge in [-0.25, -0.2) is 9.36 Å². The predicted molar refractivity (Wildman–Crippen MR) is 93.2 cm³/mol. The molecule has 0 N–H and O–H groups in total. The van der Waals surface area contributed by atoms with E-state index in [-0.39, 0.29) is 0 Å². The van der Waals surface area contributed by atoms with Crippen molar-refractivity contribution in [3.8, 4) is 17.0 Å². The minimum atomic E-state index is 0.500. The van der Waals surface area contributed by atoms with Gasteiger partial charge in [0.1, 0.15) is 5.82 Å². The van der Waals surface area contributed by atoms with Gasteiger partial charge in [0.05, 0.1) is 12.2 Å². The van der Waals surface area contributed by atoms with Crippen LogP contribution in [0.1, 0.15) is 29.4 Å². The van der Waals surface area contributed by atoms with Crippen molar-refractivity contribution in [2.24, 2.45) is 5.92 Å². The fraction of sp³-hybridized carbons (Fsp3) is 0.333. The summed E-state index contributed by atoms with van der Waals surface area (Å²) in [5.74, 6) is 2.36. The van der Waals surface area contributed by atoms with Crippen molar-refractivity contribution in [2.75, 3.05) is 6.61 Å². The highest BCUT2D eigenvalue weighted by Gasteiger charge is 2.40. The van der Waals surface area contributed by atoms with Crippen molar-refractivity contribution >= 4 is 11.5 Å². The summed E-state index contributed by atoms with van der Waals surface area (Å²) >= 11 is 1.41. The van der Waals surface area contributed by atoms with Gasteiger partial charge in [-0.15, -0.1) is 0 Å². The molecule has 0 saturated heterocycles. The molecule has 24 heavy (non-hydrogen) atoms. The fourth-order valence-corrected chi connectivity index (χ4v) is 3.31. The third-order valence-electron chi connectivity index (χ3n) is 4.29. The second-order valence-electron chi connectivity index (χ2n) is 6.22. The average molecular weight is 338 g/mol. The molecule has 2 atom stereocenters. The molecule has 3 heterocycles. The van der Waals surface area contributed by atoms with Crippen LogP contribution in [0.3, 0.4) is 0 Å². The lowest BCUT2D eigenvalue weighted by Crippen LogP contribution is -2.05. The summed E-state index contributed by atoms with van der Waals surface area (Å²) in [5.41, 5.74) is 4.26. The largest absolute Gasteiger partial charge is 0.477 e. The summed E-state index contributed by atoms with van der Waals surface area (Å²) < 4.78 is 10.2. The summed E-state index contributed by atoms with van der Waals surface area (Å²) in [6.45, 7) is 4.59. The molecule has 122 valence electrons. The van der Waals surface area contributed by atoms with Crippen LogP contribution in [0.2, 0.25) is 0 Å². The molecule has 1 aliphatic rings. The van der Waals surface area contributed by atoms with Crippen LogP contribution in [0, 0.1) is 19.8 Å². The van der Waals surface area contributed by atoms with Crippen LogP contribution in [-0.4, -0.2) is 25.9 Å². The van der Waals surface area contributed by atoms with E-state index >= 15 is 0 Å². The van der Waals surface area contributed by atoms with E-state index in [4.69, 9.17) is 4.74 Å². The molecular weight excluding hydrogens is 320 g/mol. The van der Waals surface area contributed by atoms with Crippen LogP contribution in [0.25, 0.3) is 11.1 Å². The molecular formula is C18H18N4OS. The summed E-state index contributed by atoms with van der Waals surface area (Å²) in [6.07, 6.45) is 6.69. The zero-order valence-corrected chi connectivity index (χ0v) is 14.5. The van der Waals surface area contributed by atoms with Gasteiger partial charge in [0, 0.05) is 47.1 Å². The van der Waals surface area contributed by atoms with E-state index in [0.717, 1.165) is 23.2 Å². The van der Waals surface area contributed by atoms with Crippen LogP contribution in [0.15, 0.2) is 36.1 Å². The molecule has 0 amide bonds. The summed E-state index contributed by atoms with van der Waals surface area (Å²) in [7, 11) is 0. The lowest BCUT2D eigenvalue weighted by Gasteiger charge is -2.09. The van der Waals surface area contributed by atoms with E-state index in [1.807, 2.05) is 30.9 Å². The molecule has 5 nitrogen and oxygen atoms in total. The maximum absolute atomic E-state index is 6.04. The smallest absolute Gasteiger partial charge is 0.224 e. The Hall–Kier alpha value is -2.34. The number of hydrogen-bond donors (Lipinski definition) is 0. The number of nitrogens with zero attached hydrogens (tertiary/aromatic N) is 4. The van der Waals surface area contributed by atoms with Crippen LogP contribution < -0.4 is 4.74 Å². The van der Waals surface area contributed by atoms with Crippen molar-refractivity contribution in [3.63, 3.8) is 0 Å². The minimum absolute atomic E-state index is 0.500. The van der Waals surface area contributed by atoms with Gasteiger partial charge >= 0.3 is 0 Å². The first-order chi connectivity index (χ1) is 11.7. The molecule has 1 fully saturated rings. The van der Waals surface area contributed by atoms with Gasteiger partial charge < -0.3 is 4.74 Å². The Morgan fingerprint density at radius 1 is 1.17 bits per heavy atom. The maximum Gasteiger partial charge on any atom is 0.224 e. The topological polar surface area (TPSA) is 60.8 Å². The molecule has 3 aromatic heterocycles.